The summed E-state index contributed by atoms with van der Waals surface area (Å²) in [4.78, 5) is 19.8. The van der Waals surface area contributed by atoms with E-state index >= 15 is 0 Å². The maximum atomic E-state index is 10.3. The molecule has 0 saturated heterocycles. The Morgan fingerprint density at radius 3 is 1.92 bits per heavy atom. The third-order valence-electron chi connectivity index (χ3n) is 0.807. The Morgan fingerprint density at radius 1 is 1.23 bits per heavy atom. The van der Waals surface area contributed by atoms with Crippen molar-refractivity contribution in [1.82, 2.24) is 5.32 Å². The molecule has 0 rings (SSSR count). The number of rotatable bonds is 4. The lowest BCUT2D eigenvalue weighted by Crippen LogP contribution is -2.19. The molecule has 4 nitrogen and oxygen atoms in total. The van der Waals surface area contributed by atoms with Crippen LogP contribution in [0.2, 0.25) is 0 Å². The molecule has 3 N–H and O–H groups in total. The van der Waals surface area contributed by atoms with E-state index in [0.717, 1.165) is 6.08 Å². The van der Waals surface area contributed by atoms with Crippen molar-refractivity contribution in [2.45, 2.75) is 0 Å². The number of hydrogen-bond acceptors (Lipinski definition) is 2. The normalized spacial score (nSPS) is 7.08. The minimum Gasteiger partial charge on any atom is -0.366 e. The van der Waals surface area contributed by atoms with Gasteiger partial charge in [-0.15, -0.1) is 6.58 Å². The molecule has 0 bridgehead atoms. The van der Waals surface area contributed by atoms with Crippen molar-refractivity contribution < 1.29 is 9.59 Å². The maximum absolute atomic E-state index is 10.3. The van der Waals surface area contributed by atoms with Gasteiger partial charge in [-0.1, -0.05) is 19.2 Å². The highest BCUT2D eigenvalue weighted by atomic mass is 16.1. The van der Waals surface area contributed by atoms with Crippen molar-refractivity contribution in [3.8, 4) is 0 Å². The van der Waals surface area contributed by atoms with E-state index in [-0.39, 0.29) is 5.91 Å². The van der Waals surface area contributed by atoms with E-state index < -0.39 is 5.91 Å². The molecular formula is C9H14N2O2. The predicted octanol–water partition coefficient (Wildman–Crippen LogP) is 0.132. The number of nitrogens with one attached hydrogen (secondary N) is 1. The average Bonchev–Trinajstić information content (AvgIpc) is 2.15. The number of carbonyl (C=O) groups excluding carboxylic acids is 2. The molecule has 0 atom stereocenters. The Hall–Kier alpha value is -1.84. The van der Waals surface area contributed by atoms with E-state index in [1.165, 1.54) is 6.08 Å². The first-order valence-electron chi connectivity index (χ1n) is 3.51. The molecule has 0 radical (unpaired) electrons. The molecule has 0 aromatic heterocycles. The Morgan fingerprint density at radius 2 is 1.69 bits per heavy atom. The second-order valence-corrected chi connectivity index (χ2v) is 1.84. The van der Waals surface area contributed by atoms with Gasteiger partial charge in [0, 0.05) is 6.54 Å². The van der Waals surface area contributed by atoms with Crippen LogP contribution in [0.3, 0.4) is 0 Å². The Kier molecular flexibility index (Phi) is 10.7. The van der Waals surface area contributed by atoms with Crippen LogP contribution in [0.25, 0.3) is 0 Å². The molecule has 0 aliphatic heterocycles. The zero-order valence-corrected chi connectivity index (χ0v) is 7.45. The molecule has 72 valence electrons. The summed E-state index contributed by atoms with van der Waals surface area (Å²) in [5, 5.41) is 2.51. The second kappa shape index (κ2) is 10.2. The van der Waals surface area contributed by atoms with Gasteiger partial charge in [0.25, 0.3) is 0 Å². The Labute approximate surface area is 77.8 Å². The molecule has 0 saturated carbocycles. The first-order chi connectivity index (χ1) is 6.08. The predicted molar refractivity (Wildman–Crippen MR) is 52.8 cm³/mol. The van der Waals surface area contributed by atoms with Gasteiger partial charge in [-0.25, -0.2) is 0 Å². The zero-order valence-electron chi connectivity index (χ0n) is 7.45. The second-order valence-electron chi connectivity index (χ2n) is 1.84. The van der Waals surface area contributed by atoms with Crippen molar-refractivity contribution in [2.75, 3.05) is 6.54 Å². The summed E-state index contributed by atoms with van der Waals surface area (Å²) in [5.41, 5.74) is 4.53. The van der Waals surface area contributed by atoms with Gasteiger partial charge in [-0.3, -0.25) is 9.59 Å². The minimum atomic E-state index is -0.481. The van der Waals surface area contributed by atoms with Gasteiger partial charge in [0.05, 0.1) is 0 Å². The van der Waals surface area contributed by atoms with E-state index in [1.54, 1.807) is 6.08 Å². The molecule has 0 aromatic rings. The van der Waals surface area contributed by atoms with Crippen LogP contribution < -0.4 is 11.1 Å². The fourth-order valence-corrected chi connectivity index (χ4v) is 0.245. The van der Waals surface area contributed by atoms with E-state index in [2.05, 4.69) is 30.8 Å². The average molecular weight is 182 g/mol. The number of nitrogens with two attached hydrogens (primary N) is 1. The maximum Gasteiger partial charge on any atom is 0.243 e. The van der Waals surface area contributed by atoms with Gasteiger partial charge >= 0.3 is 0 Å². The molecular weight excluding hydrogens is 168 g/mol. The largest absolute Gasteiger partial charge is 0.366 e. The van der Waals surface area contributed by atoms with Crippen molar-refractivity contribution in [2.24, 2.45) is 5.73 Å². The molecule has 0 heterocycles. The lowest BCUT2D eigenvalue weighted by molar-refractivity contribution is -0.116. The van der Waals surface area contributed by atoms with E-state index in [4.69, 9.17) is 0 Å². The van der Waals surface area contributed by atoms with Crippen LogP contribution in [0.1, 0.15) is 0 Å². The number of hydrogen-bond donors (Lipinski definition) is 2. The number of amides is 2. The van der Waals surface area contributed by atoms with Crippen LogP contribution in [0.5, 0.6) is 0 Å². The Bertz CT molecular complexity index is 210. The highest BCUT2D eigenvalue weighted by molar-refractivity contribution is 5.86. The van der Waals surface area contributed by atoms with Crippen molar-refractivity contribution in [1.29, 1.82) is 0 Å². The van der Waals surface area contributed by atoms with Crippen LogP contribution in [-0.4, -0.2) is 18.4 Å². The lowest BCUT2D eigenvalue weighted by atomic mass is 10.5. The summed E-state index contributed by atoms with van der Waals surface area (Å²) in [6.45, 7) is 10.3. The first kappa shape index (κ1) is 13.7. The van der Waals surface area contributed by atoms with Crippen molar-refractivity contribution in [3.63, 3.8) is 0 Å². The van der Waals surface area contributed by atoms with E-state index in [1.807, 2.05) is 0 Å². The van der Waals surface area contributed by atoms with Crippen LogP contribution in [-0.2, 0) is 9.59 Å². The van der Waals surface area contributed by atoms with E-state index in [9.17, 15) is 9.59 Å². The fourth-order valence-electron chi connectivity index (χ4n) is 0.245. The van der Waals surface area contributed by atoms with E-state index in [0.29, 0.717) is 6.54 Å². The molecule has 0 aliphatic rings. The smallest absolute Gasteiger partial charge is 0.243 e. The van der Waals surface area contributed by atoms with Gasteiger partial charge in [0.15, 0.2) is 0 Å². The van der Waals surface area contributed by atoms with Crippen LogP contribution in [0.15, 0.2) is 38.0 Å². The third-order valence-corrected chi connectivity index (χ3v) is 0.807. The molecule has 0 unspecified atom stereocenters. The summed E-state index contributed by atoms with van der Waals surface area (Å²) < 4.78 is 0. The fraction of sp³-hybridized carbons (Fsp3) is 0.111. The first-order valence-corrected chi connectivity index (χ1v) is 3.51. The third kappa shape index (κ3) is 17.8. The topological polar surface area (TPSA) is 72.2 Å². The van der Waals surface area contributed by atoms with Gasteiger partial charge in [0.2, 0.25) is 11.8 Å². The van der Waals surface area contributed by atoms with Gasteiger partial charge in [-0.2, -0.15) is 0 Å². The van der Waals surface area contributed by atoms with Crippen LogP contribution in [0, 0.1) is 0 Å². The molecule has 2 amide bonds. The molecule has 0 aromatic carbocycles. The molecule has 13 heavy (non-hydrogen) atoms. The highest BCUT2D eigenvalue weighted by Crippen LogP contribution is 1.64. The summed E-state index contributed by atoms with van der Waals surface area (Å²) >= 11 is 0. The summed E-state index contributed by atoms with van der Waals surface area (Å²) in [7, 11) is 0. The highest BCUT2D eigenvalue weighted by Gasteiger charge is 1.85. The Balaban J connectivity index is 0. The summed E-state index contributed by atoms with van der Waals surface area (Å²) in [6.07, 6.45) is 3.89. The SMILES string of the molecule is C=CC(N)=O.C=CCNC(=O)C=C. The molecule has 0 aliphatic carbocycles. The molecule has 0 fully saturated rings. The summed E-state index contributed by atoms with van der Waals surface area (Å²) in [5.74, 6) is -0.644. The van der Waals surface area contributed by atoms with Crippen LogP contribution in [0.4, 0.5) is 0 Å². The van der Waals surface area contributed by atoms with Gasteiger partial charge in [-0.05, 0) is 12.2 Å². The standard InChI is InChI=1S/C6H9NO.C3H5NO/c1-3-5-7-6(8)4-2;1-2-3(4)5/h3-4H,1-2,5H2,(H,7,8);2H,1H2,(H2,4,5). The van der Waals surface area contributed by atoms with Gasteiger partial charge < -0.3 is 11.1 Å². The lowest BCUT2D eigenvalue weighted by Gasteiger charge is -1.91. The number of primary amides is 1. The quantitative estimate of drug-likeness (QED) is 0.479. The molecule has 4 heteroatoms. The number of carbonyl (C=O) groups is 2. The molecule has 0 spiro atoms. The zero-order chi connectivity index (χ0) is 10.7. The van der Waals surface area contributed by atoms with Crippen LogP contribution >= 0.6 is 0 Å². The minimum absolute atomic E-state index is 0.162. The van der Waals surface area contributed by atoms with Gasteiger partial charge in [0.1, 0.15) is 0 Å². The van der Waals surface area contributed by atoms with Crippen molar-refractivity contribution in [3.05, 3.63) is 38.0 Å². The monoisotopic (exact) mass is 182 g/mol. The summed E-state index contributed by atoms with van der Waals surface area (Å²) in [6, 6.07) is 0. The van der Waals surface area contributed by atoms with Crippen molar-refractivity contribution >= 4 is 11.8 Å².